The van der Waals surface area contributed by atoms with Crippen LogP contribution >= 0.6 is 22.6 Å². The summed E-state index contributed by atoms with van der Waals surface area (Å²) in [5.74, 6) is -2.04. The summed E-state index contributed by atoms with van der Waals surface area (Å²) in [5, 5.41) is 12.2. The molecule has 2 aliphatic rings. The molecule has 1 saturated carbocycles. The molecular weight excluding hydrogens is 369 g/mol. The van der Waals surface area contributed by atoms with Crippen LogP contribution in [-0.2, 0) is 9.59 Å². The number of halogens is 1. The molecule has 104 valence electrons. The minimum atomic E-state index is -0.871. The monoisotopic (exact) mass is 383 g/mol. The molecule has 0 aliphatic heterocycles. The number of carboxylic acids is 1. The number of hydrogen-bond donors (Lipinski definition) is 2. The Labute approximate surface area is 130 Å². The van der Waals surface area contributed by atoms with E-state index in [1.807, 2.05) is 36.4 Å². The number of hydrogen-bond acceptors (Lipinski definition) is 2. The van der Waals surface area contributed by atoms with Gasteiger partial charge in [-0.3, -0.25) is 9.59 Å². The van der Waals surface area contributed by atoms with E-state index < -0.39 is 17.8 Å². The Balaban J connectivity index is 1.78. The Bertz CT molecular complexity index is 581. The highest BCUT2D eigenvalue weighted by Gasteiger charge is 2.51. The van der Waals surface area contributed by atoms with Gasteiger partial charge in [0.1, 0.15) is 0 Å². The molecule has 0 radical (unpaired) electrons. The quantitative estimate of drug-likeness (QED) is 0.623. The number of carbonyl (C=O) groups is 2. The number of amides is 1. The summed E-state index contributed by atoms with van der Waals surface area (Å²) in [4.78, 5) is 23.8. The fourth-order valence-corrected chi connectivity index (χ4v) is 3.63. The van der Waals surface area contributed by atoms with E-state index >= 15 is 0 Å². The van der Waals surface area contributed by atoms with Crippen molar-refractivity contribution in [3.8, 4) is 0 Å². The number of carboxylic acid groups (broad SMARTS) is 1. The van der Waals surface area contributed by atoms with Crippen molar-refractivity contribution in [2.45, 2.75) is 6.42 Å². The molecule has 0 unspecified atom stereocenters. The summed E-state index contributed by atoms with van der Waals surface area (Å²) in [5.41, 5.74) is 0.714. The molecular formula is C15H14INO3. The second-order valence-electron chi connectivity index (χ2n) is 5.33. The van der Waals surface area contributed by atoms with Crippen molar-refractivity contribution in [2.24, 2.45) is 23.7 Å². The van der Waals surface area contributed by atoms with Gasteiger partial charge < -0.3 is 10.4 Å². The van der Waals surface area contributed by atoms with Crippen LogP contribution in [0.4, 0.5) is 5.69 Å². The van der Waals surface area contributed by atoms with Gasteiger partial charge in [-0.1, -0.05) is 12.2 Å². The lowest BCUT2D eigenvalue weighted by Crippen LogP contribution is -2.36. The molecule has 2 aliphatic carbocycles. The van der Waals surface area contributed by atoms with Gasteiger partial charge in [-0.2, -0.15) is 0 Å². The maximum Gasteiger partial charge on any atom is 0.307 e. The number of aliphatic carboxylic acids is 1. The third-order valence-corrected chi connectivity index (χ3v) is 4.88. The molecule has 3 rings (SSSR count). The summed E-state index contributed by atoms with van der Waals surface area (Å²) in [6, 6.07) is 7.48. The van der Waals surface area contributed by atoms with Crippen LogP contribution in [0.3, 0.4) is 0 Å². The van der Waals surface area contributed by atoms with Crippen LogP contribution in [0.15, 0.2) is 36.4 Å². The predicted molar refractivity (Wildman–Crippen MR) is 83.1 cm³/mol. The minimum absolute atomic E-state index is 0.00460. The Morgan fingerprint density at radius 1 is 1.10 bits per heavy atom. The van der Waals surface area contributed by atoms with Gasteiger partial charge in [0.25, 0.3) is 0 Å². The van der Waals surface area contributed by atoms with Crippen molar-refractivity contribution < 1.29 is 14.7 Å². The van der Waals surface area contributed by atoms with Gasteiger partial charge in [0.05, 0.1) is 11.8 Å². The van der Waals surface area contributed by atoms with Crippen molar-refractivity contribution >= 4 is 40.2 Å². The molecule has 20 heavy (non-hydrogen) atoms. The molecule has 5 heteroatoms. The standard InChI is InChI=1S/C15H14INO3/c16-10-3-5-11(6-4-10)17-14(18)12-8-1-2-9(7-8)13(12)15(19)20/h1-6,8-9,12-13H,7H2,(H,17,18)(H,19,20)/t8-,9-,12+,13-/m0/s1. The molecule has 1 aromatic carbocycles. The molecule has 4 atom stereocenters. The van der Waals surface area contributed by atoms with Gasteiger partial charge in [0.15, 0.2) is 0 Å². The third kappa shape index (κ3) is 2.34. The fraction of sp³-hybridized carbons (Fsp3) is 0.333. The van der Waals surface area contributed by atoms with E-state index in [9.17, 15) is 14.7 Å². The van der Waals surface area contributed by atoms with Crippen LogP contribution in [0, 0.1) is 27.2 Å². The molecule has 4 nitrogen and oxygen atoms in total. The number of allylic oxidation sites excluding steroid dienone is 2. The normalized spacial score (nSPS) is 30.4. The van der Waals surface area contributed by atoms with Crippen LogP contribution in [0.2, 0.25) is 0 Å². The summed E-state index contributed by atoms with van der Waals surface area (Å²) in [6.45, 7) is 0. The van der Waals surface area contributed by atoms with Gasteiger partial charge >= 0.3 is 5.97 Å². The van der Waals surface area contributed by atoms with Crippen LogP contribution in [0.25, 0.3) is 0 Å². The fourth-order valence-electron chi connectivity index (χ4n) is 3.28. The first-order chi connectivity index (χ1) is 9.56. The van der Waals surface area contributed by atoms with Crippen LogP contribution < -0.4 is 5.32 Å². The summed E-state index contributed by atoms with van der Waals surface area (Å²) in [6.07, 6.45) is 4.71. The van der Waals surface area contributed by atoms with Gasteiger partial charge in [-0.25, -0.2) is 0 Å². The summed E-state index contributed by atoms with van der Waals surface area (Å²) in [7, 11) is 0. The topological polar surface area (TPSA) is 66.4 Å². The van der Waals surface area contributed by atoms with Crippen molar-refractivity contribution in [1.82, 2.24) is 0 Å². The Kier molecular flexibility index (Phi) is 3.54. The number of nitrogens with one attached hydrogen (secondary N) is 1. The van der Waals surface area contributed by atoms with Gasteiger partial charge in [0.2, 0.25) is 5.91 Å². The average molecular weight is 383 g/mol. The highest BCUT2D eigenvalue weighted by atomic mass is 127. The molecule has 0 spiro atoms. The first-order valence-corrected chi connectivity index (χ1v) is 7.61. The number of fused-ring (bicyclic) bond motifs is 2. The number of rotatable bonds is 3. The van der Waals surface area contributed by atoms with E-state index in [0.29, 0.717) is 5.69 Å². The third-order valence-electron chi connectivity index (χ3n) is 4.16. The lowest BCUT2D eigenvalue weighted by molar-refractivity contribution is -0.146. The van der Waals surface area contributed by atoms with Crippen molar-refractivity contribution in [3.05, 3.63) is 40.0 Å². The lowest BCUT2D eigenvalue weighted by atomic mass is 9.82. The largest absolute Gasteiger partial charge is 0.481 e. The van der Waals surface area contributed by atoms with E-state index in [-0.39, 0.29) is 17.7 Å². The second kappa shape index (κ2) is 5.20. The molecule has 1 fully saturated rings. The Morgan fingerprint density at radius 2 is 1.70 bits per heavy atom. The highest BCUT2D eigenvalue weighted by Crippen LogP contribution is 2.48. The van der Waals surface area contributed by atoms with E-state index in [2.05, 4.69) is 27.9 Å². The van der Waals surface area contributed by atoms with Gasteiger partial charge in [0, 0.05) is 9.26 Å². The predicted octanol–water partition coefficient (Wildman–Crippen LogP) is 2.75. The SMILES string of the molecule is O=C(O)[C@@H]1[C@H](C(=O)Nc2ccc(I)cc2)[C@H]2C=C[C@H]1C2. The highest BCUT2D eigenvalue weighted by molar-refractivity contribution is 14.1. The van der Waals surface area contributed by atoms with Gasteiger partial charge in [-0.05, 0) is 65.1 Å². The van der Waals surface area contributed by atoms with Crippen LogP contribution in [-0.4, -0.2) is 17.0 Å². The second-order valence-corrected chi connectivity index (χ2v) is 6.58. The molecule has 0 saturated heterocycles. The maximum atomic E-state index is 12.4. The molecule has 0 heterocycles. The molecule has 0 aromatic heterocycles. The maximum absolute atomic E-state index is 12.4. The molecule has 2 bridgehead atoms. The zero-order valence-electron chi connectivity index (χ0n) is 10.6. The van der Waals surface area contributed by atoms with Crippen LogP contribution in [0.1, 0.15) is 6.42 Å². The van der Waals surface area contributed by atoms with E-state index in [0.717, 1.165) is 9.99 Å². The zero-order chi connectivity index (χ0) is 14.3. The Hall–Kier alpha value is -1.37. The molecule has 1 amide bonds. The first-order valence-electron chi connectivity index (χ1n) is 6.54. The summed E-state index contributed by atoms with van der Waals surface area (Å²) < 4.78 is 1.09. The number of benzene rings is 1. The smallest absolute Gasteiger partial charge is 0.307 e. The van der Waals surface area contributed by atoms with Crippen molar-refractivity contribution in [2.75, 3.05) is 5.32 Å². The van der Waals surface area contributed by atoms with Crippen molar-refractivity contribution in [3.63, 3.8) is 0 Å². The number of anilines is 1. The minimum Gasteiger partial charge on any atom is -0.481 e. The van der Waals surface area contributed by atoms with Crippen LogP contribution in [0.5, 0.6) is 0 Å². The van der Waals surface area contributed by atoms with E-state index in [1.54, 1.807) is 0 Å². The number of carbonyl (C=O) groups excluding carboxylic acids is 1. The molecule has 1 aromatic rings. The zero-order valence-corrected chi connectivity index (χ0v) is 12.8. The molecule has 2 N–H and O–H groups in total. The van der Waals surface area contributed by atoms with E-state index in [1.165, 1.54) is 0 Å². The summed E-state index contributed by atoms with van der Waals surface area (Å²) >= 11 is 2.20. The first kappa shape index (κ1) is 13.6. The average Bonchev–Trinajstić information content (AvgIpc) is 3.01. The van der Waals surface area contributed by atoms with Gasteiger partial charge in [-0.15, -0.1) is 0 Å². The van der Waals surface area contributed by atoms with E-state index in [4.69, 9.17) is 0 Å². The van der Waals surface area contributed by atoms with Crippen molar-refractivity contribution in [1.29, 1.82) is 0 Å². The lowest BCUT2D eigenvalue weighted by Gasteiger charge is -2.23. The Morgan fingerprint density at radius 3 is 2.30 bits per heavy atom.